The van der Waals surface area contributed by atoms with Gasteiger partial charge in [0.05, 0.1) is 11.8 Å². The molecule has 150 valence electrons. The Balaban J connectivity index is 1.48. The molecule has 1 fully saturated rings. The lowest BCUT2D eigenvalue weighted by molar-refractivity contribution is -0.120. The molecule has 0 unspecified atom stereocenters. The molecule has 4 rings (SSSR count). The van der Waals surface area contributed by atoms with Crippen LogP contribution in [0.5, 0.6) is 0 Å². The molecule has 2 aromatic carbocycles. The number of nitrogens with zero attached hydrogens (tertiary/aromatic N) is 2. The maximum atomic E-state index is 12.3. The number of carbonyl (C=O) groups is 1. The highest BCUT2D eigenvalue weighted by molar-refractivity contribution is 6.30. The summed E-state index contributed by atoms with van der Waals surface area (Å²) in [6.45, 7) is 1.69. The zero-order valence-electron chi connectivity index (χ0n) is 15.9. The minimum Gasteiger partial charge on any atom is -0.381 e. The fourth-order valence-corrected chi connectivity index (χ4v) is 3.76. The molecule has 1 aliphatic heterocycles. The van der Waals surface area contributed by atoms with Crippen molar-refractivity contribution in [2.75, 3.05) is 13.2 Å². The topological polar surface area (TPSA) is 77.2 Å². The Bertz CT molecular complexity index is 951. The minimum atomic E-state index is -0.422. The average Bonchev–Trinajstić information content (AvgIpc) is 3.23. The summed E-state index contributed by atoms with van der Waals surface area (Å²) in [6.07, 6.45) is 1.54. The summed E-state index contributed by atoms with van der Waals surface area (Å²) in [7, 11) is 0. The van der Waals surface area contributed by atoms with Crippen LogP contribution in [0.25, 0.3) is 0 Å². The number of aromatic nitrogens is 2. The van der Waals surface area contributed by atoms with Crippen LogP contribution in [0.15, 0.2) is 59.1 Å². The number of ether oxygens (including phenoxy) is 1. The molecule has 0 spiro atoms. The zero-order chi connectivity index (χ0) is 20.1. The van der Waals surface area contributed by atoms with Crippen LogP contribution >= 0.6 is 11.6 Å². The highest BCUT2D eigenvalue weighted by Crippen LogP contribution is 2.40. The van der Waals surface area contributed by atoms with E-state index in [4.69, 9.17) is 20.9 Å². The van der Waals surface area contributed by atoms with E-state index in [0.29, 0.717) is 36.5 Å². The van der Waals surface area contributed by atoms with E-state index in [1.54, 1.807) is 0 Å². The van der Waals surface area contributed by atoms with Crippen LogP contribution in [0, 0.1) is 0 Å². The first kappa shape index (κ1) is 19.6. The van der Waals surface area contributed by atoms with Crippen molar-refractivity contribution in [3.63, 3.8) is 0 Å². The number of hydrogen-bond acceptors (Lipinski definition) is 5. The van der Waals surface area contributed by atoms with Crippen LogP contribution < -0.4 is 5.32 Å². The van der Waals surface area contributed by atoms with Crippen LogP contribution in [0.2, 0.25) is 5.02 Å². The fraction of sp³-hybridized carbons (Fsp3) is 0.318. The third-order valence-electron chi connectivity index (χ3n) is 5.27. The number of nitrogens with one attached hydrogen (secondary N) is 1. The summed E-state index contributed by atoms with van der Waals surface area (Å²) in [4.78, 5) is 16.9. The van der Waals surface area contributed by atoms with Crippen molar-refractivity contribution in [3.8, 4) is 0 Å². The zero-order valence-corrected chi connectivity index (χ0v) is 16.7. The number of carbonyl (C=O) groups excluding carboxylic acids is 1. The molecule has 2 heterocycles. The van der Waals surface area contributed by atoms with Gasteiger partial charge in [0.1, 0.15) is 0 Å². The van der Waals surface area contributed by atoms with E-state index in [1.165, 1.54) is 0 Å². The van der Waals surface area contributed by atoms with E-state index in [9.17, 15) is 4.79 Å². The molecule has 0 saturated carbocycles. The third kappa shape index (κ3) is 4.49. The molecule has 1 saturated heterocycles. The van der Waals surface area contributed by atoms with Gasteiger partial charge in [0.2, 0.25) is 11.8 Å². The number of amides is 1. The smallest absolute Gasteiger partial charge is 0.237 e. The predicted octanol–water partition coefficient (Wildman–Crippen LogP) is 3.68. The van der Waals surface area contributed by atoms with E-state index in [0.717, 1.165) is 24.0 Å². The van der Waals surface area contributed by atoms with Crippen molar-refractivity contribution in [2.24, 2.45) is 0 Å². The average molecular weight is 412 g/mol. The fourth-order valence-electron chi connectivity index (χ4n) is 3.64. The summed E-state index contributed by atoms with van der Waals surface area (Å²) in [5.41, 5.74) is 1.68. The van der Waals surface area contributed by atoms with Gasteiger partial charge in [0.25, 0.3) is 0 Å². The summed E-state index contributed by atoms with van der Waals surface area (Å²) in [6, 6.07) is 17.5. The summed E-state index contributed by atoms with van der Waals surface area (Å²) in [5.74, 6) is 0.757. The lowest BCUT2D eigenvalue weighted by Gasteiger charge is -2.34. The number of hydrogen-bond donors (Lipinski definition) is 1. The summed E-state index contributed by atoms with van der Waals surface area (Å²) >= 11 is 6.06. The van der Waals surface area contributed by atoms with Gasteiger partial charge in [-0.15, -0.1) is 0 Å². The Morgan fingerprint density at radius 2 is 1.79 bits per heavy atom. The monoisotopic (exact) mass is 411 g/mol. The Kier molecular flexibility index (Phi) is 5.92. The van der Waals surface area contributed by atoms with Gasteiger partial charge in [-0.25, -0.2) is 0 Å². The maximum absolute atomic E-state index is 12.3. The quantitative estimate of drug-likeness (QED) is 0.669. The van der Waals surface area contributed by atoms with Gasteiger partial charge < -0.3 is 14.6 Å². The molecule has 1 amide bonds. The second-order valence-corrected chi connectivity index (χ2v) is 7.59. The van der Waals surface area contributed by atoms with Crippen molar-refractivity contribution in [2.45, 2.75) is 31.2 Å². The maximum Gasteiger partial charge on any atom is 0.237 e. The molecule has 1 aromatic heterocycles. The second-order valence-electron chi connectivity index (χ2n) is 7.16. The molecular weight excluding hydrogens is 390 g/mol. The highest BCUT2D eigenvalue weighted by Gasteiger charge is 2.41. The Morgan fingerprint density at radius 1 is 1.07 bits per heavy atom. The van der Waals surface area contributed by atoms with Crippen molar-refractivity contribution >= 4 is 17.5 Å². The molecule has 3 aromatic rings. The molecule has 1 aliphatic rings. The minimum absolute atomic E-state index is 0.0729. The molecule has 0 radical (unpaired) electrons. The molecule has 1 N–H and O–H groups in total. The first-order valence-electron chi connectivity index (χ1n) is 9.63. The number of rotatable bonds is 6. The molecule has 0 bridgehead atoms. The van der Waals surface area contributed by atoms with E-state index in [-0.39, 0.29) is 12.3 Å². The lowest BCUT2D eigenvalue weighted by atomic mass is 9.74. The first-order valence-corrected chi connectivity index (χ1v) is 10.0. The standard InChI is InChI=1S/C22H22ClN3O3/c23-18-8-6-17(7-9-18)22(10-12-28-13-11-22)21-25-19(26-29-21)14-20(27)24-15-16-4-2-1-3-5-16/h1-9H,10-15H2,(H,24,27). The van der Waals surface area contributed by atoms with Gasteiger partial charge >= 0.3 is 0 Å². The molecule has 6 nitrogen and oxygen atoms in total. The van der Waals surface area contributed by atoms with Gasteiger partial charge in [-0.2, -0.15) is 4.98 Å². The lowest BCUT2D eigenvalue weighted by Crippen LogP contribution is -2.35. The number of benzene rings is 2. The van der Waals surface area contributed by atoms with Crippen LogP contribution in [0.4, 0.5) is 0 Å². The molecule has 0 aliphatic carbocycles. The molecule has 29 heavy (non-hydrogen) atoms. The molecule has 7 heteroatoms. The van der Waals surface area contributed by atoms with Gasteiger partial charge in [-0.3, -0.25) is 4.79 Å². The largest absolute Gasteiger partial charge is 0.381 e. The van der Waals surface area contributed by atoms with Gasteiger partial charge in [-0.05, 0) is 36.1 Å². The summed E-state index contributed by atoms with van der Waals surface area (Å²) in [5, 5.41) is 7.63. The van der Waals surface area contributed by atoms with Gasteiger partial charge in [0, 0.05) is 24.8 Å². The first-order chi connectivity index (χ1) is 14.2. The van der Waals surface area contributed by atoms with Crippen molar-refractivity contribution in [3.05, 3.63) is 82.5 Å². The predicted molar refractivity (Wildman–Crippen MR) is 109 cm³/mol. The van der Waals surface area contributed by atoms with Gasteiger partial charge in [0.15, 0.2) is 5.82 Å². The van der Waals surface area contributed by atoms with Crippen LogP contribution in [-0.4, -0.2) is 29.3 Å². The van der Waals surface area contributed by atoms with E-state index < -0.39 is 5.41 Å². The normalized spacial score (nSPS) is 15.8. The van der Waals surface area contributed by atoms with Crippen LogP contribution in [0.1, 0.15) is 35.7 Å². The summed E-state index contributed by atoms with van der Waals surface area (Å²) < 4.78 is 11.2. The Morgan fingerprint density at radius 3 is 2.52 bits per heavy atom. The highest BCUT2D eigenvalue weighted by atomic mass is 35.5. The van der Waals surface area contributed by atoms with Gasteiger partial charge in [-0.1, -0.05) is 59.2 Å². The number of halogens is 1. The molecular formula is C22H22ClN3O3. The van der Waals surface area contributed by atoms with Crippen LogP contribution in [-0.2, 0) is 27.9 Å². The third-order valence-corrected chi connectivity index (χ3v) is 5.52. The Hall–Kier alpha value is -2.70. The van der Waals surface area contributed by atoms with Crippen molar-refractivity contribution in [1.82, 2.24) is 15.5 Å². The van der Waals surface area contributed by atoms with Crippen molar-refractivity contribution in [1.29, 1.82) is 0 Å². The van der Waals surface area contributed by atoms with Crippen molar-refractivity contribution < 1.29 is 14.1 Å². The SMILES string of the molecule is O=C(Cc1noc(C2(c3ccc(Cl)cc3)CCOCC2)n1)NCc1ccccc1. The second kappa shape index (κ2) is 8.76. The van der Waals surface area contributed by atoms with E-state index in [1.807, 2.05) is 54.6 Å². The van der Waals surface area contributed by atoms with E-state index >= 15 is 0 Å². The molecule has 0 atom stereocenters. The van der Waals surface area contributed by atoms with E-state index in [2.05, 4.69) is 15.5 Å². The Labute approximate surface area is 174 Å². The van der Waals surface area contributed by atoms with Crippen LogP contribution in [0.3, 0.4) is 0 Å².